The fourth-order valence-corrected chi connectivity index (χ4v) is 4.72. The number of amides is 4. The molecule has 5 rings (SSSR count). The maximum atomic E-state index is 13.2. The summed E-state index contributed by atoms with van der Waals surface area (Å²) in [4.78, 5) is 54.5. The summed E-state index contributed by atoms with van der Waals surface area (Å²) < 4.78 is 4.52. The maximum absolute atomic E-state index is 13.2. The summed E-state index contributed by atoms with van der Waals surface area (Å²) in [6, 6.07) is 11.1. The zero-order valence-electron chi connectivity index (χ0n) is 15.1. The van der Waals surface area contributed by atoms with Crippen LogP contribution in [0.3, 0.4) is 0 Å². The van der Waals surface area contributed by atoms with E-state index in [4.69, 9.17) is 0 Å². The van der Waals surface area contributed by atoms with Crippen LogP contribution < -0.4 is 4.90 Å². The molecule has 3 heterocycles. The number of benzene rings is 2. The average molecular weight is 379 g/mol. The average Bonchev–Trinajstić information content (AvgIpc) is 3.38. The van der Waals surface area contributed by atoms with Crippen molar-refractivity contribution in [2.45, 2.75) is 24.5 Å². The molecule has 3 fully saturated rings. The van der Waals surface area contributed by atoms with Gasteiger partial charge < -0.3 is 14.5 Å². The van der Waals surface area contributed by atoms with Crippen LogP contribution in [0.5, 0.6) is 0 Å². The van der Waals surface area contributed by atoms with Crippen molar-refractivity contribution in [1.82, 2.24) is 9.80 Å². The van der Waals surface area contributed by atoms with E-state index in [9.17, 15) is 19.2 Å². The fourth-order valence-electron chi connectivity index (χ4n) is 4.72. The molecule has 3 aliphatic heterocycles. The molecule has 0 N–H and O–H groups in total. The minimum atomic E-state index is -0.957. The number of hydrogen-bond acceptors (Lipinski definition) is 5. The molecule has 0 aliphatic carbocycles. The van der Waals surface area contributed by atoms with Crippen LogP contribution in [0.2, 0.25) is 0 Å². The Morgan fingerprint density at radius 2 is 1.82 bits per heavy atom. The standard InChI is InChI=1S/C20H17N3O5/c1-28-19(26)18(25)21-10-12-9-15(21)16-17(24)23(20(27)22(12)16)14-8-4-6-11-5-2-3-7-13(11)14/h2-8,12,15-16H,9-10H2,1H3. The van der Waals surface area contributed by atoms with Gasteiger partial charge in [-0.1, -0.05) is 36.4 Å². The largest absolute Gasteiger partial charge is 0.462 e. The molecule has 3 unspecified atom stereocenters. The van der Waals surface area contributed by atoms with Crippen LogP contribution in [0.1, 0.15) is 6.42 Å². The second-order valence-corrected chi connectivity index (χ2v) is 7.21. The molecular formula is C20H17N3O5. The number of piperazine rings is 1. The Balaban J connectivity index is 1.53. The Morgan fingerprint density at radius 3 is 2.61 bits per heavy atom. The zero-order valence-corrected chi connectivity index (χ0v) is 15.1. The van der Waals surface area contributed by atoms with E-state index in [1.807, 2.05) is 36.4 Å². The van der Waals surface area contributed by atoms with Crippen LogP contribution in [0, 0.1) is 0 Å². The Kier molecular flexibility index (Phi) is 3.46. The smallest absolute Gasteiger partial charge is 0.396 e. The summed E-state index contributed by atoms with van der Waals surface area (Å²) in [5, 5.41) is 1.74. The van der Waals surface area contributed by atoms with Crippen LogP contribution in [-0.4, -0.2) is 65.4 Å². The third-order valence-electron chi connectivity index (χ3n) is 5.89. The number of carbonyl (C=O) groups excluding carboxylic acids is 4. The van der Waals surface area contributed by atoms with Gasteiger partial charge in [-0.2, -0.15) is 0 Å². The quantitative estimate of drug-likeness (QED) is 0.421. The van der Waals surface area contributed by atoms with Gasteiger partial charge >= 0.3 is 17.9 Å². The highest BCUT2D eigenvalue weighted by Crippen LogP contribution is 2.43. The van der Waals surface area contributed by atoms with Crippen LogP contribution in [0.25, 0.3) is 10.8 Å². The van der Waals surface area contributed by atoms with Crippen molar-refractivity contribution in [1.29, 1.82) is 0 Å². The van der Waals surface area contributed by atoms with Gasteiger partial charge in [0.15, 0.2) is 0 Å². The summed E-state index contributed by atoms with van der Waals surface area (Å²) in [6.07, 6.45) is 0.494. The molecule has 0 spiro atoms. The lowest BCUT2D eigenvalue weighted by Crippen LogP contribution is -2.56. The molecule has 4 amide bonds. The number of carbonyl (C=O) groups is 4. The summed E-state index contributed by atoms with van der Waals surface area (Å²) >= 11 is 0. The molecule has 142 valence electrons. The molecule has 2 bridgehead atoms. The summed E-state index contributed by atoms with van der Waals surface area (Å²) in [5.41, 5.74) is 0.535. The van der Waals surface area contributed by atoms with E-state index in [0.717, 1.165) is 17.9 Å². The number of imide groups is 1. The molecule has 0 aromatic heterocycles. The molecule has 8 heteroatoms. The predicted molar refractivity (Wildman–Crippen MR) is 98.4 cm³/mol. The number of urea groups is 1. The van der Waals surface area contributed by atoms with Crippen LogP contribution in [-0.2, 0) is 19.1 Å². The maximum Gasteiger partial charge on any atom is 0.396 e. The highest BCUT2D eigenvalue weighted by molar-refractivity contribution is 6.33. The molecule has 3 aliphatic rings. The third kappa shape index (κ3) is 2.05. The van der Waals surface area contributed by atoms with Gasteiger partial charge in [0.05, 0.1) is 24.9 Å². The van der Waals surface area contributed by atoms with Gasteiger partial charge in [0.25, 0.3) is 5.91 Å². The van der Waals surface area contributed by atoms with Crippen molar-refractivity contribution in [2.24, 2.45) is 0 Å². The fraction of sp³-hybridized carbons (Fsp3) is 0.300. The topological polar surface area (TPSA) is 87.2 Å². The third-order valence-corrected chi connectivity index (χ3v) is 5.89. The van der Waals surface area contributed by atoms with Crippen molar-refractivity contribution < 1.29 is 23.9 Å². The number of nitrogens with zero attached hydrogens (tertiary/aromatic N) is 3. The van der Waals surface area contributed by atoms with E-state index in [1.165, 1.54) is 9.80 Å². The first-order valence-corrected chi connectivity index (χ1v) is 9.06. The number of likely N-dealkylation sites (tertiary alicyclic amines) is 1. The molecular weight excluding hydrogens is 362 g/mol. The first kappa shape index (κ1) is 16.7. The SMILES string of the molecule is COC(=O)C(=O)N1CC2CC1C1C(=O)N(c3cccc4ccccc34)C(=O)N21. The lowest BCUT2D eigenvalue weighted by molar-refractivity contribution is -0.160. The van der Waals surface area contributed by atoms with Crippen molar-refractivity contribution in [3.05, 3.63) is 42.5 Å². The minimum Gasteiger partial charge on any atom is -0.462 e. The number of fused-ring (bicyclic) bond motifs is 6. The van der Waals surface area contributed by atoms with E-state index in [0.29, 0.717) is 12.1 Å². The molecule has 0 radical (unpaired) electrons. The highest BCUT2D eigenvalue weighted by Gasteiger charge is 2.63. The Labute approximate surface area is 160 Å². The number of ether oxygens (including phenoxy) is 1. The molecule has 3 saturated heterocycles. The highest BCUT2D eigenvalue weighted by atomic mass is 16.5. The van der Waals surface area contributed by atoms with Gasteiger partial charge in [0.1, 0.15) is 6.04 Å². The number of methoxy groups -OCH3 is 1. The molecule has 2 aromatic carbocycles. The number of hydrogen-bond donors (Lipinski definition) is 0. The second-order valence-electron chi connectivity index (χ2n) is 7.21. The van der Waals surface area contributed by atoms with E-state index in [-0.39, 0.29) is 24.5 Å². The number of anilines is 1. The van der Waals surface area contributed by atoms with Gasteiger partial charge in [-0.15, -0.1) is 0 Å². The lowest BCUT2D eigenvalue weighted by Gasteiger charge is -2.34. The van der Waals surface area contributed by atoms with E-state index < -0.39 is 24.0 Å². The monoisotopic (exact) mass is 379 g/mol. The molecule has 0 saturated carbocycles. The Morgan fingerprint density at radius 1 is 1.07 bits per heavy atom. The first-order valence-electron chi connectivity index (χ1n) is 9.06. The second kappa shape index (κ2) is 5.79. The zero-order chi connectivity index (χ0) is 19.6. The molecule has 2 aromatic rings. The molecule has 28 heavy (non-hydrogen) atoms. The van der Waals surface area contributed by atoms with Crippen molar-refractivity contribution >= 4 is 40.3 Å². The number of rotatable bonds is 1. The summed E-state index contributed by atoms with van der Waals surface area (Å²) in [6.45, 7) is 0.234. The van der Waals surface area contributed by atoms with Gasteiger partial charge in [-0.05, 0) is 17.9 Å². The van der Waals surface area contributed by atoms with Gasteiger partial charge in [0, 0.05) is 11.9 Å². The van der Waals surface area contributed by atoms with Crippen molar-refractivity contribution in [3.63, 3.8) is 0 Å². The van der Waals surface area contributed by atoms with E-state index in [1.54, 1.807) is 11.0 Å². The van der Waals surface area contributed by atoms with Crippen LogP contribution in [0.4, 0.5) is 10.5 Å². The molecule has 3 atom stereocenters. The Hall–Kier alpha value is -3.42. The normalized spacial score (nSPS) is 25.6. The summed E-state index contributed by atoms with van der Waals surface area (Å²) in [7, 11) is 1.15. The van der Waals surface area contributed by atoms with Crippen LogP contribution in [0.15, 0.2) is 42.5 Å². The lowest BCUT2D eigenvalue weighted by atomic mass is 10.1. The van der Waals surface area contributed by atoms with Crippen LogP contribution >= 0.6 is 0 Å². The first-order chi connectivity index (χ1) is 13.5. The Bertz CT molecular complexity index is 1050. The van der Waals surface area contributed by atoms with E-state index >= 15 is 0 Å². The van der Waals surface area contributed by atoms with Gasteiger partial charge in [-0.25, -0.2) is 14.5 Å². The van der Waals surface area contributed by atoms with Crippen molar-refractivity contribution in [2.75, 3.05) is 18.6 Å². The van der Waals surface area contributed by atoms with Crippen molar-refractivity contribution in [3.8, 4) is 0 Å². The van der Waals surface area contributed by atoms with Gasteiger partial charge in [0.2, 0.25) is 0 Å². The molecule has 8 nitrogen and oxygen atoms in total. The van der Waals surface area contributed by atoms with E-state index in [2.05, 4.69) is 4.74 Å². The van der Waals surface area contributed by atoms with Gasteiger partial charge in [-0.3, -0.25) is 9.59 Å². The number of esters is 1. The predicted octanol–water partition coefficient (Wildman–Crippen LogP) is 1.13. The summed E-state index contributed by atoms with van der Waals surface area (Å²) in [5.74, 6) is -2.09. The minimum absolute atomic E-state index is 0.234.